The molecule has 1 aromatic heterocycles. The Morgan fingerprint density at radius 2 is 1.45 bits per heavy atom. The molecule has 1 atom stereocenters. The molecular formula is C19H13ClO2. The topological polar surface area (TPSA) is 33.4 Å². The fourth-order valence-electron chi connectivity index (χ4n) is 2.75. The highest BCUT2D eigenvalue weighted by atomic mass is 35.5. The van der Waals surface area contributed by atoms with Crippen molar-refractivity contribution < 1.29 is 9.52 Å². The number of aliphatic hydroxyl groups excluding tert-OH is 1. The van der Waals surface area contributed by atoms with Crippen molar-refractivity contribution in [3.8, 4) is 0 Å². The van der Waals surface area contributed by atoms with Crippen LogP contribution < -0.4 is 0 Å². The Morgan fingerprint density at radius 3 is 2.27 bits per heavy atom. The van der Waals surface area contributed by atoms with Crippen LogP contribution in [0.2, 0.25) is 5.02 Å². The zero-order valence-corrected chi connectivity index (χ0v) is 12.4. The number of benzene rings is 3. The SMILES string of the molecule is O[C@@H](c1ccc(Cl)cc1)c1ccc2c(c1)oc1ccccc12. The average Bonchev–Trinajstić information content (AvgIpc) is 2.92. The summed E-state index contributed by atoms with van der Waals surface area (Å²) in [5.41, 5.74) is 3.25. The Balaban J connectivity index is 1.81. The lowest BCUT2D eigenvalue weighted by atomic mass is 10.0. The highest BCUT2D eigenvalue weighted by Crippen LogP contribution is 2.32. The molecule has 0 bridgehead atoms. The molecule has 1 N–H and O–H groups in total. The van der Waals surface area contributed by atoms with Gasteiger partial charge in [0.1, 0.15) is 17.3 Å². The van der Waals surface area contributed by atoms with E-state index in [1.54, 1.807) is 12.1 Å². The lowest BCUT2D eigenvalue weighted by molar-refractivity contribution is 0.220. The standard InChI is InChI=1S/C19H13ClO2/c20-14-8-5-12(6-9-14)19(21)13-7-10-16-15-3-1-2-4-17(15)22-18(16)11-13/h1-11,19,21H/t19-/m0/s1. The molecule has 0 aliphatic carbocycles. The molecule has 0 saturated heterocycles. The maximum atomic E-state index is 10.5. The first-order chi connectivity index (χ1) is 10.7. The van der Waals surface area contributed by atoms with E-state index in [0.29, 0.717) is 5.02 Å². The van der Waals surface area contributed by atoms with E-state index in [1.165, 1.54) is 0 Å². The van der Waals surface area contributed by atoms with Crippen LogP contribution in [0, 0.1) is 0 Å². The summed E-state index contributed by atoms with van der Waals surface area (Å²) < 4.78 is 5.87. The number of furan rings is 1. The van der Waals surface area contributed by atoms with Crippen LogP contribution in [0.5, 0.6) is 0 Å². The van der Waals surface area contributed by atoms with E-state index >= 15 is 0 Å². The Morgan fingerprint density at radius 1 is 0.773 bits per heavy atom. The summed E-state index contributed by atoms with van der Waals surface area (Å²) in [7, 11) is 0. The molecule has 108 valence electrons. The lowest BCUT2D eigenvalue weighted by Crippen LogP contribution is -1.98. The molecule has 0 spiro atoms. The van der Waals surface area contributed by atoms with Crippen molar-refractivity contribution >= 4 is 33.5 Å². The van der Waals surface area contributed by atoms with Gasteiger partial charge in [-0.25, -0.2) is 0 Å². The van der Waals surface area contributed by atoms with Gasteiger partial charge >= 0.3 is 0 Å². The van der Waals surface area contributed by atoms with Gasteiger partial charge in [-0.15, -0.1) is 0 Å². The lowest BCUT2D eigenvalue weighted by Gasteiger charge is -2.11. The Labute approximate surface area is 132 Å². The van der Waals surface area contributed by atoms with Gasteiger partial charge in [0.25, 0.3) is 0 Å². The number of para-hydroxylation sites is 1. The van der Waals surface area contributed by atoms with Crippen LogP contribution in [0.15, 0.2) is 71.1 Å². The van der Waals surface area contributed by atoms with Crippen molar-refractivity contribution in [2.24, 2.45) is 0 Å². The molecule has 0 radical (unpaired) electrons. The van der Waals surface area contributed by atoms with Crippen LogP contribution in [0.1, 0.15) is 17.2 Å². The van der Waals surface area contributed by atoms with Crippen molar-refractivity contribution in [3.63, 3.8) is 0 Å². The summed E-state index contributed by atoms with van der Waals surface area (Å²) in [4.78, 5) is 0. The Bertz CT molecular complexity index is 954. The summed E-state index contributed by atoms with van der Waals surface area (Å²) in [6.45, 7) is 0. The van der Waals surface area contributed by atoms with Crippen LogP contribution in [-0.4, -0.2) is 5.11 Å². The third-order valence-electron chi connectivity index (χ3n) is 3.90. The molecule has 1 heterocycles. The molecule has 3 aromatic carbocycles. The molecule has 0 fully saturated rings. The number of halogens is 1. The summed E-state index contributed by atoms with van der Waals surface area (Å²) in [5, 5.41) is 13.3. The number of fused-ring (bicyclic) bond motifs is 3. The Kier molecular flexibility index (Phi) is 3.14. The van der Waals surface area contributed by atoms with Gasteiger partial charge in [0.05, 0.1) is 0 Å². The van der Waals surface area contributed by atoms with E-state index in [9.17, 15) is 5.11 Å². The predicted octanol–water partition coefficient (Wildman–Crippen LogP) is 5.32. The number of rotatable bonds is 2. The van der Waals surface area contributed by atoms with Gasteiger partial charge in [-0.3, -0.25) is 0 Å². The second-order valence-corrected chi connectivity index (χ2v) is 5.74. The molecule has 4 rings (SSSR count). The largest absolute Gasteiger partial charge is 0.456 e. The summed E-state index contributed by atoms with van der Waals surface area (Å²) in [6, 6.07) is 21.0. The van der Waals surface area contributed by atoms with Crippen molar-refractivity contribution in [2.75, 3.05) is 0 Å². The monoisotopic (exact) mass is 308 g/mol. The van der Waals surface area contributed by atoms with Crippen molar-refractivity contribution in [3.05, 3.63) is 82.9 Å². The zero-order chi connectivity index (χ0) is 15.1. The van der Waals surface area contributed by atoms with Crippen LogP contribution >= 0.6 is 11.6 Å². The molecule has 3 heteroatoms. The van der Waals surface area contributed by atoms with Gasteiger partial charge in [0, 0.05) is 15.8 Å². The normalized spacial score (nSPS) is 12.8. The molecule has 2 nitrogen and oxygen atoms in total. The highest BCUT2D eigenvalue weighted by Gasteiger charge is 2.13. The van der Waals surface area contributed by atoms with Gasteiger partial charge in [-0.2, -0.15) is 0 Å². The second kappa shape index (κ2) is 5.16. The van der Waals surface area contributed by atoms with Crippen LogP contribution in [-0.2, 0) is 0 Å². The van der Waals surface area contributed by atoms with Crippen molar-refractivity contribution in [1.82, 2.24) is 0 Å². The van der Waals surface area contributed by atoms with E-state index in [4.69, 9.17) is 16.0 Å². The quantitative estimate of drug-likeness (QED) is 0.543. The van der Waals surface area contributed by atoms with Crippen molar-refractivity contribution in [1.29, 1.82) is 0 Å². The maximum absolute atomic E-state index is 10.5. The smallest absolute Gasteiger partial charge is 0.135 e. The van der Waals surface area contributed by atoms with Crippen LogP contribution in [0.3, 0.4) is 0 Å². The second-order valence-electron chi connectivity index (χ2n) is 5.31. The number of aliphatic hydroxyl groups is 1. The molecule has 22 heavy (non-hydrogen) atoms. The first-order valence-electron chi connectivity index (χ1n) is 7.07. The van der Waals surface area contributed by atoms with Gasteiger partial charge in [0.2, 0.25) is 0 Å². The van der Waals surface area contributed by atoms with E-state index in [2.05, 4.69) is 0 Å². The van der Waals surface area contributed by atoms with Gasteiger partial charge < -0.3 is 9.52 Å². The molecule has 0 aliphatic rings. The molecule has 0 amide bonds. The Hall–Kier alpha value is -2.29. The summed E-state index contributed by atoms with van der Waals surface area (Å²) in [6.07, 6.45) is -0.699. The summed E-state index contributed by atoms with van der Waals surface area (Å²) in [5.74, 6) is 0. The average molecular weight is 309 g/mol. The number of hydrogen-bond acceptors (Lipinski definition) is 2. The molecular weight excluding hydrogens is 296 g/mol. The molecule has 0 unspecified atom stereocenters. The molecule has 0 aliphatic heterocycles. The summed E-state index contributed by atoms with van der Waals surface area (Å²) >= 11 is 5.89. The first kappa shape index (κ1) is 13.4. The first-order valence-corrected chi connectivity index (χ1v) is 7.45. The van der Waals surface area contributed by atoms with Crippen LogP contribution in [0.25, 0.3) is 21.9 Å². The predicted molar refractivity (Wildman–Crippen MR) is 89.2 cm³/mol. The van der Waals surface area contributed by atoms with E-state index < -0.39 is 6.10 Å². The third kappa shape index (κ3) is 2.17. The zero-order valence-electron chi connectivity index (χ0n) is 11.7. The highest BCUT2D eigenvalue weighted by molar-refractivity contribution is 6.30. The fraction of sp³-hybridized carbons (Fsp3) is 0.0526. The van der Waals surface area contributed by atoms with Crippen molar-refractivity contribution in [2.45, 2.75) is 6.10 Å². The maximum Gasteiger partial charge on any atom is 0.135 e. The molecule has 4 aromatic rings. The van der Waals surface area contributed by atoms with E-state index in [1.807, 2.05) is 54.6 Å². The minimum absolute atomic E-state index is 0.656. The van der Waals surface area contributed by atoms with E-state index in [-0.39, 0.29) is 0 Å². The fourth-order valence-corrected chi connectivity index (χ4v) is 2.88. The van der Waals surface area contributed by atoms with Gasteiger partial charge in [0.15, 0.2) is 0 Å². The van der Waals surface area contributed by atoms with Gasteiger partial charge in [-0.05, 0) is 35.4 Å². The molecule has 0 saturated carbocycles. The van der Waals surface area contributed by atoms with Crippen LogP contribution in [0.4, 0.5) is 0 Å². The van der Waals surface area contributed by atoms with E-state index in [0.717, 1.165) is 33.1 Å². The van der Waals surface area contributed by atoms with Gasteiger partial charge in [-0.1, -0.05) is 54.1 Å². The number of hydrogen-bond donors (Lipinski definition) is 1. The minimum atomic E-state index is -0.699. The third-order valence-corrected chi connectivity index (χ3v) is 4.16. The minimum Gasteiger partial charge on any atom is -0.456 e.